The van der Waals surface area contributed by atoms with Gasteiger partial charge in [-0.25, -0.2) is 9.59 Å². The van der Waals surface area contributed by atoms with Crippen LogP contribution < -0.4 is 0 Å². The number of amides is 1. The number of carboxylic acids is 2. The third kappa shape index (κ3) is 12.3. The maximum Gasteiger partial charge on any atom is 0.490 e. The van der Waals surface area contributed by atoms with Crippen LogP contribution >= 0.6 is 0 Å². The fourth-order valence-corrected chi connectivity index (χ4v) is 0.718. The van der Waals surface area contributed by atoms with Gasteiger partial charge in [-0.05, 0) is 12.1 Å². The number of alkyl halides is 6. The second-order valence-electron chi connectivity index (χ2n) is 4.02. The van der Waals surface area contributed by atoms with Gasteiger partial charge in [0.1, 0.15) is 5.69 Å². The summed E-state index contributed by atoms with van der Waals surface area (Å²) < 4.78 is 63.5. The van der Waals surface area contributed by atoms with Crippen molar-refractivity contribution < 1.29 is 50.9 Å². The lowest BCUT2D eigenvalue weighted by atomic mass is 10.3. The Bertz CT molecular complexity index is 548. The van der Waals surface area contributed by atoms with Gasteiger partial charge in [-0.1, -0.05) is 6.07 Å². The van der Waals surface area contributed by atoms with E-state index in [-0.39, 0.29) is 5.91 Å². The molecule has 1 heterocycles. The Morgan fingerprint density at radius 1 is 0.920 bits per heavy atom. The molecule has 0 aliphatic heterocycles. The fourth-order valence-electron chi connectivity index (χ4n) is 0.718. The maximum absolute atomic E-state index is 11.2. The summed E-state index contributed by atoms with van der Waals surface area (Å²) in [5.74, 6) is -5.58. The molecule has 1 rings (SSSR count). The normalized spacial score (nSPS) is 10.4. The third-order valence-corrected chi connectivity index (χ3v) is 1.78. The number of pyridine rings is 1. The van der Waals surface area contributed by atoms with Gasteiger partial charge in [-0.2, -0.15) is 26.3 Å². The Balaban J connectivity index is 0. The Kier molecular flexibility index (Phi) is 9.85. The molecule has 0 saturated carbocycles. The largest absolute Gasteiger partial charge is 0.490 e. The molecule has 13 heteroatoms. The van der Waals surface area contributed by atoms with Crippen LogP contribution in [-0.4, -0.2) is 64.4 Å². The van der Waals surface area contributed by atoms with E-state index in [9.17, 15) is 31.1 Å². The van der Waals surface area contributed by atoms with Gasteiger partial charge >= 0.3 is 24.3 Å². The molecule has 0 bridgehead atoms. The molecule has 7 nitrogen and oxygen atoms in total. The molecule has 142 valence electrons. The van der Waals surface area contributed by atoms with Gasteiger partial charge in [0.25, 0.3) is 5.91 Å². The van der Waals surface area contributed by atoms with E-state index in [2.05, 4.69) is 4.98 Å². The number of nitrogens with zero attached hydrogens (tertiary/aromatic N) is 2. The molecule has 0 radical (unpaired) electrons. The van der Waals surface area contributed by atoms with Crippen LogP contribution in [0.3, 0.4) is 0 Å². The fraction of sp³-hybridized carbons (Fsp3) is 0.333. The van der Waals surface area contributed by atoms with Gasteiger partial charge in [0.15, 0.2) is 0 Å². The molecule has 0 aromatic carbocycles. The highest BCUT2D eigenvalue weighted by molar-refractivity contribution is 5.91. The Morgan fingerprint density at radius 3 is 1.48 bits per heavy atom. The predicted molar refractivity (Wildman–Crippen MR) is 69.6 cm³/mol. The minimum Gasteiger partial charge on any atom is -0.475 e. The van der Waals surface area contributed by atoms with Crippen molar-refractivity contribution in [3.63, 3.8) is 0 Å². The number of aliphatic carboxylic acids is 2. The zero-order valence-corrected chi connectivity index (χ0v) is 12.6. The first-order valence-electron chi connectivity index (χ1n) is 5.83. The number of rotatable bonds is 1. The minimum absolute atomic E-state index is 0.0643. The number of halogens is 6. The van der Waals surface area contributed by atoms with E-state index in [0.717, 1.165) is 0 Å². The van der Waals surface area contributed by atoms with Gasteiger partial charge in [-0.15, -0.1) is 0 Å². The number of hydrogen-bond donors (Lipinski definition) is 2. The van der Waals surface area contributed by atoms with E-state index < -0.39 is 24.3 Å². The first kappa shape index (κ1) is 24.4. The topological polar surface area (TPSA) is 108 Å². The highest BCUT2D eigenvalue weighted by Gasteiger charge is 2.38. The van der Waals surface area contributed by atoms with E-state index in [0.29, 0.717) is 5.69 Å². The molecule has 1 aromatic rings. The smallest absolute Gasteiger partial charge is 0.475 e. The molecule has 0 aliphatic carbocycles. The van der Waals surface area contributed by atoms with Crippen LogP contribution in [0.1, 0.15) is 10.5 Å². The van der Waals surface area contributed by atoms with Crippen LogP contribution in [0.2, 0.25) is 0 Å². The first-order valence-corrected chi connectivity index (χ1v) is 5.83. The zero-order chi connectivity index (χ0) is 20.4. The number of carboxylic acid groups (broad SMARTS) is 2. The summed E-state index contributed by atoms with van der Waals surface area (Å²) in [7, 11) is 3.41. The van der Waals surface area contributed by atoms with E-state index in [4.69, 9.17) is 19.8 Å². The number of hydrogen-bond acceptors (Lipinski definition) is 4. The van der Waals surface area contributed by atoms with Gasteiger partial charge < -0.3 is 15.1 Å². The Morgan fingerprint density at radius 2 is 1.28 bits per heavy atom. The van der Waals surface area contributed by atoms with E-state index >= 15 is 0 Å². The molecule has 0 spiro atoms. The zero-order valence-electron chi connectivity index (χ0n) is 12.6. The summed E-state index contributed by atoms with van der Waals surface area (Å²) in [4.78, 5) is 34.4. The van der Waals surface area contributed by atoms with Gasteiger partial charge in [0, 0.05) is 20.3 Å². The van der Waals surface area contributed by atoms with E-state index in [1.807, 2.05) is 0 Å². The van der Waals surface area contributed by atoms with E-state index in [1.54, 1.807) is 38.5 Å². The maximum atomic E-state index is 11.2. The number of aromatic nitrogens is 1. The van der Waals surface area contributed by atoms with Crippen molar-refractivity contribution in [3.8, 4) is 0 Å². The number of carbonyl (C=O) groups excluding carboxylic acids is 1. The SMILES string of the molecule is CN(C)C(=O)c1ccccn1.O=C(O)C(F)(F)F.O=C(O)C(F)(F)F. The standard InChI is InChI=1S/C8H10N2O.2C2HF3O2/c1-10(2)8(11)7-5-3-4-6-9-7;2*3-2(4,5)1(6)7/h3-6H,1-2H3;2*(H,6,7). The summed E-state index contributed by atoms with van der Waals surface area (Å²) in [6.07, 6.45) is -8.56. The van der Waals surface area contributed by atoms with Crippen LogP contribution in [0.15, 0.2) is 24.4 Å². The minimum atomic E-state index is -5.08. The molecule has 0 fully saturated rings. The molecule has 0 aliphatic rings. The first-order chi connectivity index (χ1) is 11.1. The molecule has 0 unspecified atom stereocenters. The Labute approximate surface area is 136 Å². The van der Waals surface area contributed by atoms with Crippen LogP contribution in [0, 0.1) is 0 Å². The van der Waals surface area contributed by atoms with Crippen molar-refractivity contribution in [2.75, 3.05) is 14.1 Å². The van der Waals surface area contributed by atoms with Crippen LogP contribution in [0.5, 0.6) is 0 Å². The van der Waals surface area contributed by atoms with Crippen molar-refractivity contribution >= 4 is 17.8 Å². The molecule has 0 atom stereocenters. The summed E-state index contributed by atoms with van der Waals surface area (Å²) in [5, 5.41) is 14.2. The molecule has 1 aromatic heterocycles. The van der Waals surface area contributed by atoms with E-state index in [1.165, 1.54) is 4.90 Å². The average molecular weight is 378 g/mol. The number of carbonyl (C=O) groups is 3. The molecule has 1 amide bonds. The van der Waals surface area contributed by atoms with Crippen LogP contribution in [0.4, 0.5) is 26.3 Å². The lowest BCUT2D eigenvalue weighted by molar-refractivity contribution is -0.193. The van der Waals surface area contributed by atoms with Crippen molar-refractivity contribution in [2.24, 2.45) is 0 Å². The molecular formula is C12H12F6N2O5. The summed E-state index contributed by atoms with van der Waals surface area (Å²) in [5.41, 5.74) is 0.484. The van der Waals surface area contributed by atoms with Crippen molar-refractivity contribution in [2.45, 2.75) is 12.4 Å². The second kappa shape index (κ2) is 10.1. The monoisotopic (exact) mass is 378 g/mol. The highest BCUT2D eigenvalue weighted by Crippen LogP contribution is 2.13. The lowest BCUT2D eigenvalue weighted by Gasteiger charge is -2.07. The molecular weight excluding hydrogens is 366 g/mol. The summed E-state index contributed by atoms with van der Waals surface area (Å²) in [6, 6.07) is 5.28. The molecule has 0 saturated heterocycles. The van der Waals surface area contributed by atoms with Gasteiger partial charge in [-0.3, -0.25) is 9.78 Å². The van der Waals surface area contributed by atoms with Crippen LogP contribution in [-0.2, 0) is 9.59 Å². The second-order valence-corrected chi connectivity index (χ2v) is 4.02. The van der Waals surface area contributed by atoms with Gasteiger partial charge in [0.2, 0.25) is 0 Å². The average Bonchev–Trinajstić information content (AvgIpc) is 2.46. The van der Waals surface area contributed by atoms with Crippen molar-refractivity contribution in [1.29, 1.82) is 0 Å². The molecule has 2 N–H and O–H groups in total. The van der Waals surface area contributed by atoms with Crippen LogP contribution in [0.25, 0.3) is 0 Å². The lowest BCUT2D eigenvalue weighted by Crippen LogP contribution is -2.22. The highest BCUT2D eigenvalue weighted by atomic mass is 19.4. The third-order valence-electron chi connectivity index (χ3n) is 1.78. The molecule has 25 heavy (non-hydrogen) atoms. The van der Waals surface area contributed by atoms with Gasteiger partial charge in [0.05, 0.1) is 0 Å². The Hall–Kier alpha value is -2.86. The predicted octanol–water partition coefficient (Wildman–Crippen LogP) is 2.05. The van der Waals surface area contributed by atoms with Crippen molar-refractivity contribution in [1.82, 2.24) is 9.88 Å². The van der Waals surface area contributed by atoms with Crippen molar-refractivity contribution in [3.05, 3.63) is 30.1 Å². The summed E-state index contributed by atoms with van der Waals surface area (Å²) in [6.45, 7) is 0. The summed E-state index contributed by atoms with van der Waals surface area (Å²) >= 11 is 0. The quantitative estimate of drug-likeness (QED) is 0.725.